The first kappa shape index (κ1) is 23.9. The van der Waals surface area contributed by atoms with Crippen molar-refractivity contribution in [3.05, 3.63) is 99.0 Å². The number of halogens is 2. The predicted molar refractivity (Wildman–Crippen MR) is 127 cm³/mol. The van der Waals surface area contributed by atoms with E-state index in [1.54, 1.807) is 66.7 Å². The molecule has 0 heterocycles. The second-order valence-electron chi connectivity index (χ2n) is 6.74. The fraction of sp³-hybridized carbons (Fsp3) is 0.0800. The molecule has 0 aliphatic heterocycles. The van der Waals surface area contributed by atoms with Gasteiger partial charge in [0.25, 0.3) is 5.91 Å². The van der Waals surface area contributed by atoms with Gasteiger partial charge in [-0.2, -0.15) is 5.26 Å². The van der Waals surface area contributed by atoms with Gasteiger partial charge in [-0.05, 0) is 42.0 Å². The number of hydrogen-bond acceptors (Lipinski definition) is 5. The number of nitrogens with one attached hydrogen (secondary N) is 1. The number of carbonyl (C=O) groups excluding carboxylic acids is 2. The minimum absolute atomic E-state index is 0.149. The van der Waals surface area contributed by atoms with Gasteiger partial charge in [0.15, 0.2) is 0 Å². The molecule has 0 aromatic heterocycles. The Morgan fingerprint density at radius 1 is 1.00 bits per heavy atom. The smallest absolute Gasteiger partial charge is 0.337 e. The fourth-order valence-electron chi connectivity index (χ4n) is 2.85. The van der Waals surface area contributed by atoms with Crippen LogP contribution in [0.4, 0.5) is 5.69 Å². The van der Waals surface area contributed by atoms with Gasteiger partial charge in [0.05, 0.1) is 28.4 Å². The number of esters is 1. The normalized spacial score (nSPS) is 10.8. The molecule has 0 fully saturated rings. The van der Waals surface area contributed by atoms with Crippen LogP contribution < -0.4 is 10.1 Å². The average Bonchev–Trinajstić information content (AvgIpc) is 2.83. The van der Waals surface area contributed by atoms with E-state index in [2.05, 4.69) is 10.1 Å². The molecule has 0 radical (unpaired) electrons. The van der Waals surface area contributed by atoms with E-state index in [0.29, 0.717) is 16.9 Å². The predicted octanol–water partition coefficient (Wildman–Crippen LogP) is 5.90. The molecule has 0 bridgehead atoms. The molecule has 1 amide bonds. The van der Waals surface area contributed by atoms with Crippen LogP contribution in [0.5, 0.6) is 5.75 Å². The van der Waals surface area contributed by atoms with Crippen molar-refractivity contribution in [1.82, 2.24) is 0 Å². The lowest BCUT2D eigenvalue weighted by molar-refractivity contribution is -0.112. The van der Waals surface area contributed by atoms with E-state index in [9.17, 15) is 14.9 Å². The highest BCUT2D eigenvalue weighted by atomic mass is 35.5. The van der Waals surface area contributed by atoms with Crippen molar-refractivity contribution in [1.29, 1.82) is 5.26 Å². The van der Waals surface area contributed by atoms with Crippen LogP contribution in [-0.4, -0.2) is 19.0 Å². The van der Waals surface area contributed by atoms with E-state index in [1.807, 2.05) is 6.07 Å². The minimum Gasteiger partial charge on any atom is -0.488 e. The van der Waals surface area contributed by atoms with E-state index >= 15 is 0 Å². The molecule has 0 saturated carbocycles. The molecule has 0 saturated heterocycles. The summed E-state index contributed by atoms with van der Waals surface area (Å²) in [6.07, 6.45) is 1.43. The number of carbonyl (C=O) groups is 2. The van der Waals surface area contributed by atoms with Crippen molar-refractivity contribution in [2.24, 2.45) is 0 Å². The highest BCUT2D eigenvalue weighted by Crippen LogP contribution is 2.30. The van der Waals surface area contributed by atoms with Gasteiger partial charge in [-0.1, -0.05) is 59.6 Å². The van der Waals surface area contributed by atoms with Crippen molar-refractivity contribution < 1.29 is 19.1 Å². The summed E-state index contributed by atoms with van der Waals surface area (Å²) in [6, 6.07) is 20.5. The monoisotopic (exact) mass is 480 g/mol. The molecule has 3 rings (SSSR count). The third-order valence-corrected chi connectivity index (χ3v) is 5.18. The summed E-state index contributed by atoms with van der Waals surface area (Å²) in [5, 5.41) is 12.6. The van der Waals surface area contributed by atoms with Crippen molar-refractivity contribution in [2.45, 2.75) is 6.61 Å². The van der Waals surface area contributed by atoms with Gasteiger partial charge in [-0.25, -0.2) is 4.79 Å². The maximum Gasteiger partial charge on any atom is 0.337 e. The lowest BCUT2D eigenvalue weighted by Crippen LogP contribution is -2.14. The second kappa shape index (κ2) is 11.2. The van der Waals surface area contributed by atoms with Crippen LogP contribution in [0.1, 0.15) is 21.5 Å². The van der Waals surface area contributed by atoms with Crippen molar-refractivity contribution in [2.75, 3.05) is 12.4 Å². The van der Waals surface area contributed by atoms with Gasteiger partial charge in [-0.15, -0.1) is 0 Å². The highest BCUT2D eigenvalue weighted by Gasteiger charge is 2.15. The summed E-state index contributed by atoms with van der Waals surface area (Å²) in [6.45, 7) is 0.218. The van der Waals surface area contributed by atoms with E-state index in [1.165, 1.54) is 13.2 Å². The molecule has 3 aromatic carbocycles. The van der Waals surface area contributed by atoms with Gasteiger partial charge in [0.1, 0.15) is 24.0 Å². The van der Waals surface area contributed by atoms with Gasteiger partial charge < -0.3 is 14.8 Å². The molecule has 3 aromatic rings. The molecular weight excluding hydrogens is 463 g/mol. The van der Waals surface area contributed by atoms with E-state index in [-0.39, 0.29) is 27.9 Å². The molecule has 6 nitrogen and oxygen atoms in total. The van der Waals surface area contributed by atoms with Crippen LogP contribution >= 0.6 is 23.2 Å². The van der Waals surface area contributed by atoms with Crippen LogP contribution in [0.25, 0.3) is 6.08 Å². The zero-order chi connectivity index (χ0) is 23.8. The molecular formula is C25H18Cl2N2O4. The number of rotatable bonds is 7. The first-order valence-corrected chi connectivity index (χ1v) is 10.4. The molecule has 8 heteroatoms. The average molecular weight is 481 g/mol. The van der Waals surface area contributed by atoms with Crippen molar-refractivity contribution in [3.63, 3.8) is 0 Å². The van der Waals surface area contributed by atoms with Crippen LogP contribution in [-0.2, 0) is 16.1 Å². The molecule has 33 heavy (non-hydrogen) atoms. The number of methoxy groups -OCH3 is 1. The topological polar surface area (TPSA) is 88.4 Å². The number of ether oxygens (including phenoxy) is 2. The van der Waals surface area contributed by atoms with Gasteiger partial charge >= 0.3 is 5.97 Å². The Bertz CT molecular complexity index is 1230. The maximum absolute atomic E-state index is 12.7. The Labute approximate surface area is 201 Å². The van der Waals surface area contributed by atoms with Crippen molar-refractivity contribution in [3.8, 4) is 11.8 Å². The molecule has 0 aliphatic carbocycles. The molecule has 1 N–H and O–H groups in total. The Morgan fingerprint density at radius 2 is 1.67 bits per heavy atom. The second-order valence-corrected chi connectivity index (χ2v) is 7.55. The molecule has 0 unspecified atom stereocenters. The van der Waals surface area contributed by atoms with E-state index in [4.69, 9.17) is 27.9 Å². The van der Waals surface area contributed by atoms with E-state index < -0.39 is 11.9 Å². The molecule has 0 aliphatic rings. The summed E-state index contributed by atoms with van der Waals surface area (Å²) in [5.74, 6) is -0.593. The summed E-state index contributed by atoms with van der Waals surface area (Å²) in [7, 11) is 1.32. The van der Waals surface area contributed by atoms with Crippen LogP contribution in [0.2, 0.25) is 10.0 Å². The fourth-order valence-corrected chi connectivity index (χ4v) is 3.34. The van der Waals surface area contributed by atoms with Crippen LogP contribution in [0.3, 0.4) is 0 Å². The third kappa shape index (κ3) is 6.13. The summed E-state index contributed by atoms with van der Waals surface area (Å²) in [4.78, 5) is 24.2. The Balaban J connectivity index is 1.77. The van der Waals surface area contributed by atoms with Crippen molar-refractivity contribution >= 4 is 46.8 Å². The first-order valence-electron chi connectivity index (χ1n) is 9.69. The van der Waals surface area contributed by atoms with E-state index in [0.717, 1.165) is 5.56 Å². The Kier molecular flexibility index (Phi) is 8.09. The SMILES string of the molecule is COC(=O)c1ccc(COc2ccccc2/C=C(\C#N)C(=O)Nc2c(Cl)cccc2Cl)cc1. The molecule has 0 spiro atoms. The number of nitriles is 1. The lowest BCUT2D eigenvalue weighted by Gasteiger charge is -2.11. The quantitative estimate of drug-likeness (QED) is 0.258. The van der Waals surface area contributed by atoms with Crippen LogP contribution in [0, 0.1) is 11.3 Å². The number of nitrogens with zero attached hydrogens (tertiary/aromatic N) is 1. The zero-order valence-electron chi connectivity index (χ0n) is 17.5. The Hall–Kier alpha value is -3.79. The summed E-state index contributed by atoms with van der Waals surface area (Å²) >= 11 is 12.2. The summed E-state index contributed by atoms with van der Waals surface area (Å²) < 4.78 is 10.6. The summed E-state index contributed by atoms with van der Waals surface area (Å²) in [5.41, 5.74) is 1.89. The van der Waals surface area contributed by atoms with Gasteiger partial charge in [0.2, 0.25) is 0 Å². The Morgan fingerprint density at radius 3 is 2.30 bits per heavy atom. The number of hydrogen-bond donors (Lipinski definition) is 1. The third-order valence-electron chi connectivity index (χ3n) is 4.55. The number of benzene rings is 3. The highest BCUT2D eigenvalue weighted by molar-refractivity contribution is 6.40. The number of amides is 1. The standard InChI is InChI=1S/C25H18Cl2N2O4/c1-32-25(31)17-11-9-16(10-12-17)15-33-22-8-3-2-5-18(22)13-19(14-28)24(30)29-23-20(26)6-4-7-21(23)27/h2-13H,15H2,1H3,(H,29,30)/b19-13+. The van der Waals surface area contributed by atoms with Gasteiger partial charge in [-0.3, -0.25) is 4.79 Å². The minimum atomic E-state index is -0.652. The largest absolute Gasteiger partial charge is 0.488 e. The van der Waals surface area contributed by atoms with Crippen LogP contribution in [0.15, 0.2) is 72.3 Å². The van der Waals surface area contributed by atoms with Gasteiger partial charge in [0, 0.05) is 5.56 Å². The lowest BCUT2D eigenvalue weighted by atomic mass is 10.1. The first-order chi connectivity index (χ1) is 15.9. The number of para-hydroxylation sites is 2. The molecule has 0 atom stereocenters. The maximum atomic E-state index is 12.7. The zero-order valence-corrected chi connectivity index (χ0v) is 19.0. The number of anilines is 1. The molecule has 166 valence electrons.